The molecule has 0 unspecified atom stereocenters. The first-order valence-electron chi connectivity index (χ1n) is 9.20. The molecule has 3 aromatic rings. The van der Waals surface area contributed by atoms with E-state index in [9.17, 15) is 30.3 Å². The molecule has 1 saturated heterocycles. The SMILES string of the molecule is C[C@@H]1O[C@@H](Oc2cc(O)cc3occ(-c4ccc(O)cc4)c(=O)c23)[C@H](O)[C@H](O)[C@H]1O. The third kappa shape index (κ3) is 3.48. The second-order valence-electron chi connectivity index (χ2n) is 7.14. The number of aliphatic hydroxyl groups excluding tert-OH is 3. The van der Waals surface area contributed by atoms with E-state index in [0.29, 0.717) is 5.56 Å². The van der Waals surface area contributed by atoms with Gasteiger partial charge in [-0.15, -0.1) is 0 Å². The maximum absolute atomic E-state index is 13.2. The zero-order valence-electron chi connectivity index (χ0n) is 15.8. The highest BCUT2D eigenvalue weighted by Gasteiger charge is 2.43. The van der Waals surface area contributed by atoms with Crippen molar-refractivity contribution < 1.29 is 39.4 Å². The van der Waals surface area contributed by atoms with Crippen LogP contribution in [-0.4, -0.2) is 56.2 Å². The van der Waals surface area contributed by atoms with Gasteiger partial charge in [0.05, 0.1) is 11.7 Å². The van der Waals surface area contributed by atoms with Crippen molar-refractivity contribution >= 4 is 11.0 Å². The van der Waals surface area contributed by atoms with E-state index in [-0.39, 0.29) is 33.8 Å². The highest BCUT2D eigenvalue weighted by atomic mass is 16.7. The van der Waals surface area contributed by atoms with Crippen molar-refractivity contribution in [3.8, 4) is 28.4 Å². The maximum Gasteiger partial charge on any atom is 0.229 e. The Bertz CT molecular complexity index is 1120. The molecule has 0 amide bonds. The van der Waals surface area contributed by atoms with Gasteiger partial charge in [0.15, 0.2) is 0 Å². The summed E-state index contributed by atoms with van der Waals surface area (Å²) in [6.07, 6.45) is -5.45. The van der Waals surface area contributed by atoms with Gasteiger partial charge in [-0.1, -0.05) is 12.1 Å². The fraction of sp³-hybridized carbons (Fsp3) is 0.286. The summed E-state index contributed by atoms with van der Waals surface area (Å²) >= 11 is 0. The molecule has 1 aliphatic heterocycles. The van der Waals surface area contributed by atoms with Crippen LogP contribution in [-0.2, 0) is 4.74 Å². The minimum atomic E-state index is -1.60. The highest BCUT2D eigenvalue weighted by molar-refractivity contribution is 5.88. The summed E-state index contributed by atoms with van der Waals surface area (Å²) < 4.78 is 16.6. The zero-order valence-corrected chi connectivity index (χ0v) is 15.8. The summed E-state index contributed by atoms with van der Waals surface area (Å²) in [7, 11) is 0. The smallest absolute Gasteiger partial charge is 0.229 e. The van der Waals surface area contributed by atoms with E-state index in [0.717, 1.165) is 6.07 Å². The van der Waals surface area contributed by atoms with E-state index in [2.05, 4.69) is 0 Å². The minimum Gasteiger partial charge on any atom is -0.508 e. The van der Waals surface area contributed by atoms with Crippen LogP contribution in [0.4, 0.5) is 0 Å². The number of rotatable bonds is 3. The molecule has 0 aliphatic carbocycles. The van der Waals surface area contributed by atoms with E-state index in [1.54, 1.807) is 12.1 Å². The highest BCUT2D eigenvalue weighted by Crippen LogP contribution is 2.33. The predicted molar refractivity (Wildman–Crippen MR) is 104 cm³/mol. The molecule has 9 nitrogen and oxygen atoms in total. The summed E-state index contributed by atoms with van der Waals surface area (Å²) in [5.41, 5.74) is 0.239. The molecule has 0 saturated carbocycles. The molecule has 1 fully saturated rings. The predicted octanol–water partition coefficient (Wildman–Crippen LogP) is 1.08. The number of ether oxygens (including phenoxy) is 2. The molecule has 4 rings (SSSR count). The van der Waals surface area contributed by atoms with Gasteiger partial charge in [0.2, 0.25) is 11.7 Å². The summed E-state index contributed by atoms with van der Waals surface area (Å²) in [6, 6.07) is 8.34. The molecule has 158 valence electrons. The van der Waals surface area contributed by atoms with Crippen LogP contribution in [0.2, 0.25) is 0 Å². The number of phenolic OH excluding ortho intramolecular Hbond substituents is 2. The van der Waals surface area contributed by atoms with Gasteiger partial charge in [-0.2, -0.15) is 0 Å². The van der Waals surface area contributed by atoms with Gasteiger partial charge in [-0.25, -0.2) is 0 Å². The van der Waals surface area contributed by atoms with Gasteiger partial charge >= 0.3 is 0 Å². The fourth-order valence-electron chi connectivity index (χ4n) is 3.37. The molecular weight excluding hydrogens is 396 g/mol. The Balaban J connectivity index is 1.80. The van der Waals surface area contributed by atoms with Crippen LogP contribution in [0.15, 0.2) is 51.9 Å². The molecule has 1 aliphatic rings. The van der Waals surface area contributed by atoms with Crippen molar-refractivity contribution in [2.75, 3.05) is 0 Å². The van der Waals surface area contributed by atoms with Crippen LogP contribution in [0.25, 0.3) is 22.1 Å². The van der Waals surface area contributed by atoms with Crippen LogP contribution < -0.4 is 10.2 Å². The standard InChI is InChI=1S/C21H20O9/c1-9-17(24)19(26)20(27)21(29-9)30-15-7-12(23)6-14-16(15)18(25)13(8-28-14)10-2-4-11(22)5-3-10/h2-9,17,19-24,26-27H,1H3/t9-,17-,19+,20+,21-/m0/s1. The molecular formula is C21H20O9. The van der Waals surface area contributed by atoms with Gasteiger partial charge in [-0.05, 0) is 24.6 Å². The van der Waals surface area contributed by atoms with E-state index in [1.807, 2.05) is 0 Å². The number of phenols is 2. The van der Waals surface area contributed by atoms with Crippen molar-refractivity contribution in [1.82, 2.24) is 0 Å². The van der Waals surface area contributed by atoms with E-state index < -0.39 is 36.1 Å². The summed E-state index contributed by atoms with van der Waals surface area (Å²) in [4.78, 5) is 13.2. The lowest BCUT2D eigenvalue weighted by Crippen LogP contribution is -2.58. The van der Waals surface area contributed by atoms with Crippen LogP contribution >= 0.6 is 0 Å². The number of hydrogen-bond donors (Lipinski definition) is 5. The Morgan fingerprint density at radius 2 is 1.63 bits per heavy atom. The van der Waals surface area contributed by atoms with Crippen molar-refractivity contribution in [2.24, 2.45) is 0 Å². The molecule has 0 bridgehead atoms. The minimum absolute atomic E-state index is 0.0116. The van der Waals surface area contributed by atoms with Gasteiger partial charge < -0.3 is 39.4 Å². The van der Waals surface area contributed by atoms with Crippen molar-refractivity contribution in [2.45, 2.75) is 37.6 Å². The molecule has 9 heteroatoms. The van der Waals surface area contributed by atoms with Gasteiger partial charge in [0.25, 0.3) is 0 Å². The molecule has 30 heavy (non-hydrogen) atoms. The second kappa shape index (κ2) is 7.62. The first-order chi connectivity index (χ1) is 14.3. The third-order valence-electron chi connectivity index (χ3n) is 5.06. The lowest BCUT2D eigenvalue weighted by atomic mass is 10.00. The monoisotopic (exact) mass is 416 g/mol. The molecule has 2 aromatic carbocycles. The lowest BCUT2D eigenvalue weighted by Gasteiger charge is -2.38. The van der Waals surface area contributed by atoms with Crippen molar-refractivity contribution in [3.05, 3.63) is 52.9 Å². The summed E-state index contributed by atoms with van der Waals surface area (Å²) in [6.45, 7) is 1.49. The van der Waals surface area contributed by atoms with E-state index >= 15 is 0 Å². The number of fused-ring (bicyclic) bond motifs is 1. The van der Waals surface area contributed by atoms with Crippen LogP contribution in [0.3, 0.4) is 0 Å². The lowest BCUT2D eigenvalue weighted by molar-refractivity contribution is -0.267. The van der Waals surface area contributed by atoms with Crippen LogP contribution in [0, 0.1) is 0 Å². The average Bonchev–Trinajstić information content (AvgIpc) is 2.71. The van der Waals surface area contributed by atoms with Crippen LogP contribution in [0.5, 0.6) is 17.2 Å². The number of aliphatic hydroxyl groups is 3. The summed E-state index contributed by atoms with van der Waals surface area (Å²) in [5.74, 6) is -0.340. The zero-order chi connectivity index (χ0) is 21.6. The quantitative estimate of drug-likeness (QED) is 0.423. The number of aromatic hydroxyl groups is 2. The Hall–Kier alpha value is -3.11. The average molecular weight is 416 g/mol. The Morgan fingerprint density at radius 1 is 0.933 bits per heavy atom. The van der Waals surface area contributed by atoms with Crippen molar-refractivity contribution in [3.63, 3.8) is 0 Å². The largest absolute Gasteiger partial charge is 0.508 e. The maximum atomic E-state index is 13.2. The first-order valence-corrected chi connectivity index (χ1v) is 9.20. The van der Waals surface area contributed by atoms with Crippen LogP contribution in [0.1, 0.15) is 6.92 Å². The number of hydrogen-bond acceptors (Lipinski definition) is 9. The molecule has 5 atom stereocenters. The molecule has 0 spiro atoms. The Morgan fingerprint density at radius 3 is 2.33 bits per heavy atom. The third-order valence-corrected chi connectivity index (χ3v) is 5.06. The van der Waals surface area contributed by atoms with E-state index in [1.165, 1.54) is 31.4 Å². The second-order valence-corrected chi connectivity index (χ2v) is 7.14. The van der Waals surface area contributed by atoms with Gasteiger partial charge in [0, 0.05) is 12.1 Å². The number of benzene rings is 2. The van der Waals surface area contributed by atoms with E-state index in [4.69, 9.17) is 13.9 Å². The topological polar surface area (TPSA) is 150 Å². The molecule has 2 heterocycles. The normalized spacial score (nSPS) is 26.6. The molecule has 1 aromatic heterocycles. The summed E-state index contributed by atoms with van der Waals surface area (Å²) in [5, 5.41) is 49.5. The Kier molecular flexibility index (Phi) is 5.12. The fourth-order valence-corrected chi connectivity index (χ4v) is 3.37. The first kappa shape index (κ1) is 20.2. The molecule has 5 N–H and O–H groups in total. The Labute approximate surface area is 170 Å². The molecule has 0 radical (unpaired) electrons. The van der Waals surface area contributed by atoms with Gasteiger partial charge in [0.1, 0.15) is 52.8 Å². The van der Waals surface area contributed by atoms with Crippen molar-refractivity contribution in [1.29, 1.82) is 0 Å². The van der Waals surface area contributed by atoms with Gasteiger partial charge in [-0.3, -0.25) is 4.79 Å².